The molecule has 14 heavy (non-hydrogen) atoms. The first kappa shape index (κ1) is 11.6. The summed E-state index contributed by atoms with van der Waals surface area (Å²) in [5, 5.41) is 0. The lowest BCUT2D eigenvalue weighted by Gasteiger charge is -2.09. The first-order valence-corrected chi connectivity index (χ1v) is 4.73. The van der Waals surface area contributed by atoms with Crippen molar-refractivity contribution in [1.29, 1.82) is 0 Å². The topological polar surface area (TPSA) is 12.9 Å². The van der Waals surface area contributed by atoms with Crippen molar-refractivity contribution in [3.05, 3.63) is 29.1 Å². The van der Waals surface area contributed by atoms with Gasteiger partial charge in [-0.1, -0.05) is 0 Å². The quantitative estimate of drug-likeness (QED) is 0.724. The molecule has 0 saturated carbocycles. The van der Waals surface area contributed by atoms with Crippen molar-refractivity contribution < 1.29 is 13.2 Å². The van der Waals surface area contributed by atoms with Crippen LogP contribution in [0, 0.1) is 0 Å². The SMILES string of the molecule is FC(F)(F)c1cnc(CCl)c(CCl)c1. The van der Waals surface area contributed by atoms with Crippen molar-refractivity contribution in [3.63, 3.8) is 0 Å². The molecule has 0 aromatic carbocycles. The van der Waals surface area contributed by atoms with Gasteiger partial charge < -0.3 is 0 Å². The van der Waals surface area contributed by atoms with E-state index in [4.69, 9.17) is 23.2 Å². The first-order valence-electron chi connectivity index (χ1n) is 3.66. The summed E-state index contributed by atoms with van der Waals surface area (Å²) in [7, 11) is 0. The molecule has 0 bridgehead atoms. The Kier molecular flexibility index (Phi) is 3.61. The fraction of sp³-hybridized carbons (Fsp3) is 0.375. The average Bonchev–Trinajstić information content (AvgIpc) is 2.15. The molecule has 0 N–H and O–H groups in total. The molecule has 78 valence electrons. The smallest absolute Gasteiger partial charge is 0.259 e. The van der Waals surface area contributed by atoms with Crippen LogP contribution >= 0.6 is 23.2 Å². The summed E-state index contributed by atoms with van der Waals surface area (Å²) in [6.45, 7) is 0. The van der Waals surface area contributed by atoms with Crippen LogP contribution in [-0.4, -0.2) is 4.98 Å². The maximum Gasteiger partial charge on any atom is 0.417 e. The molecule has 0 fully saturated rings. The molecule has 0 amide bonds. The molecule has 0 aliphatic carbocycles. The molecule has 1 heterocycles. The van der Waals surface area contributed by atoms with Gasteiger partial charge in [-0.05, 0) is 11.6 Å². The van der Waals surface area contributed by atoms with E-state index < -0.39 is 11.7 Å². The largest absolute Gasteiger partial charge is 0.417 e. The Labute approximate surface area is 88.8 Å². The van der Waals surface area contributed by atoms with Crippen molar-refractivity contribution in [2.24, 2.45) is 0 Å². The van der Waals surface area contributed by atoms with Crippen LogP contribution in [0.1, 0.15) is 16.8 Å². The number of nitrogens with zero attached hydrogens (tertiary/aromatic N) is 1. The van der Waals surface area contributed by atoms with Crippen LogP contribution < -0.4 is 0 Å². The summed E-state index contributed by atoms with van der Waals surface area (Å²) in [4.78, 5) is 3.60. The highest BCUT2D eigenvalue weighted by Crippen LogP contribution is 2.30. The molecule has 1 aromatic rings. The van der Waals surface area contributed by atoms with Crippen LogP contribution in [-0.2, 0) is 17.9 Å². The van der Waals surface area contributed by atoms with Gasteiger partial charge in [-0.2, -0.15) is 13.2 Å². The third-order valence-electron chi connectivity index (χ3n) is 1.66. The molecule has 0 aliphatic rings. The van der Waals surface area contributed by atoms with E-state index in [9.17, 15) is 13.2 Å². The highest BCUT2D eigenvalue weighted by Gasteiger charge is 2.31. The second-order valence-electron chi connectivity index (χ2n) is 2.59. The zero-order valence-electron chi connectivity index (χ0n) is 6.91. The van der Waals surface area contributed by atoms with E-state index in [-0.39, 0.29) is 11.8 Å². The van der Waals surface area contributed by atoms with Gasteiger partial charge in [-0.3, -0.25) is 4.98 Å². The Bertz CT molecular complexity index is 325. The zero-order chi connectivity index (χ0) is 10.8. The minimum atomic E-state index is -4.39. The van der Waals surface area contributed by atoms with Gasteiger partial charge in [0.2, 0.25) is 0 Å². The molecule has 1 aromatic heterocycles. The molecular weight excluding hydrogens is 238 g/mol. The predicted octanol–water partition coefficient (Wildman–Crippen LogP) is 3.58. The van der Waals surface area contributed by atoms with Crippen LogP contribution in [0.4, 0.5) is 13.2 Å². The maximum atomic E-state index is 12.2. The van der Waals surface area contributed by atoms with Crippen LogP contribution in [0.25, 0.3) is 0 Å². The number of aromatic nitrogens is 1. The second-order valence-corrected chi connectivity index (χ2v) is 3.13. The zero-order valence-corrected chi connectivity index (χ0v) is 8.42. The minimum absolute atomic E-state index is 0.0288. The number of pyridine rings is 1. The van der Waals surface area contributed by atoms with Crippen LogP contribution in [0.3, 0.4) is 0 Å². The monoisotopic (exact) mass is 243 g/mol. The molecule has 0 aliphatic heterocycles. The van der Waals surface area contributed by atoms with E-state index in [1.807, 2.05) is 0 Å². The minimum Gasteiger partial charge on any atom is -0.259 e. The number of rotatable bonds is 2. The van der Waals surface area contributed by atoms with Gasteiger partial charge in [0.1, 0.15) is 0 Å². The summed E-state index contributed by atoms with van der Waals surface area (Å²) in [5.74, 6) is 0.0269. The third kappa shape index (κ3) is 2.51. The lowest BCUT2D eigenvalue weighted by atomic mass is 10.1. The summed E-state index contributed by atoms with van der Waals surface area (Å²) in [5.41, 5.74) is -0.104. The van der Waals surface area contributed by atoms with Crippen molar-refractivity contribution in [2.75, 3.05) is 0 Å². The number of hydrogen-bond acceptors (Lipinski definition) is 1. The van der Waals surface area contributed by atoms with Crippen molar-refractivity contribution in [3.8, 4) is 0 Å². The molecule has 0 radical (unpaired) electrons. The summed E-state index contributed by atoms with van der Waals surface area (Å²) >= 11 is 10.9. The van der Waals surface area contributed by atoms with E-state index in [1.165, 1.54) is 0 Å². The molecule has 0 saturated heterocycles. The summed E-state index contributed by atoms with van der Waals surface area (Å²) in [6.07, 6.45) is -3.63. The van der Waals surface area contributed by atoms with Gasteiger partial charge >= 0.3 is 6.18 Å². The highest BCUT2D eigenvalue weighted by molar-refractivity contribution is 6.18. The van der Waals surface area contributed by atoms with Gasteiger partial charge in [-0.15, -0.1) is 23.2 Å². The van der Waals surface area contributed by atoms with Crippen LogP contribution in [0.5, 0.6) is 0 Å². The van der Waals surface area contributed by atoms with Gasteiger partial charge in [0, 0.05) is 12.1 Å². The molecule has 0 unspecified atom stereocenters. The average molecular weight is 244 g/mol. The van der Waals surface area contributed by atoms with E-state index in [1.54, 1.807) is 0 Å². The van der Waals surface area contributed by atoms with Crippen LogP contribution in [0.15, 0.2) is 12.3 Å². The fourth-order valence-electron chi connectivity index (χ4n) is 0.930. The maximum absolute atomic E-state index is 12.2. The molecule has 1 nitrogen and oxygen atoms in total. The summed E-state index contributed by atoms with van der Waals surface area (Å²) in [6, 6.07) is 0.970. The van der Waals surface area contributed by atoms with Crippen LogP contribution in [0.2, 0.25) is 0 Å². The van der Waals surface area contributed by atoms with E-state index in [2.05, 4.69) is 4.98 Å². The number of hydrogen-bond donors (Lipinski definition) is 0. The van der Waals surface area contributed by atoms with Crippen molar-refractivity contribution in [1.82, 2.24) is 4.98 Å². The van der Waals surface area contributed by atoms with Crippen molar-refractivity contribution >= 4 is 23.2 Å². The fourth-order valence-corrected chi connectivity index (χ4v) is 1.40. The van der Waals surface area contributed by atoms with E-state index in [0.717, 1.165) is 12.3 Å². The number of halogens is 5. The Morgan fingerprint density at radius 2 is 1.86 bits per heavy atom. The lowest BCUT2D eigenvalue weighted by molar-refractivity contribution is -0.137. The molecule has 0 spiro atoms. The van der Waals surface area contributed by atoms with Gasteiger partial charge in [0.05, 0.1) is 17.1 Å². The van der Waals surface area contributed by atoms with E-state index in [0.29, 0.717) is 11.3 Å². The Morgan fingerprint density at radius 1 is 1.21 bits per heavy atom. The predicted molar refractivity (Wildman–Crippen MR) is 48.4 cm³/mol. The third-order valence-corrected chi connectivity index (χ3v) is 2.20. The Morgan fingerprint density at radius 3 is 2.29 bits per heavy atom. The molecule has 6 heteroatoms. The van der Waals surface area contributed by atoms with Crippen molar-refractivity contribution in [2.45, 2.75) is 17.9 Å². The lowest BCUT2D eigenvalue weighted by Crippen LogP contribution is -2.07. The second kappa shape index (κ2) is 4.36. The standard InChI is InChI=1S/C8H6Cl2F3N/c9-2-5-1-6(8(11,12)13)4-14-7(5)3-10/h1,4H,2-3H2. The highest BCUT2D eigenvalue weighted by atomic mass is 35.5. The van der Waals surface area contributed by atoms with Gasteiger partial charge in [0.25, 0.3) is 0 Å². The first-order chi connectivity index (χ1) is 6.49. The summed E-state index contributed by atoms with van der Waals surface area (Å²) < 4.78 is 36.7. The molecule has 1 rings (SSSR count). The molecular formula is C8H6Cl2F3N. The van der Waals surface area contributed by atoms with Gasteiger partial charge in [-0.25, -0.2) is 0 Å². The normalized spacial score (nSPS) is 11.8. The van der Waals surface area contributed by atoms with Gasteiger partial charge in [0.15, 0.2) is 0 Å². The number of alkyl halides is 5. The van der Waals surface area contributed by atoms with E-state index >= 15 is 0 Å². The Hall–Kier alpha value is -0.480. The Balaban J connectivity index is 3.14. The molecule has 0 atom stereocenters.